The lowest BCUT2D eigenvalue weighted by Crippen LogP contribution is -2.30. The number of carbonyl (C=O) groups excluding carboxylic acids is 3. The molecule has 0 aromatic rings. The number of nitrogens with zero attached hydrogens (tertiary/aromatic N) is 3. The topological polar surface area (TPSA) is 205 Å². The van der Waals surface area contributed by atoms with Crippen LogP contribution in [0.25, 0.3) is 10.4 Å². The fourth-order valence-electron chi connectivity index (χ4n) is 5.07. The van der Waals surface area contributed by atoms with Crippen LogP contribution in [0.3, 0.4) is 0 Å². The third kappa shape index (κ3) is 36.1. The molecular formula is C36H69N4O11P. The van der Waals surface area contributed by atoms with E-state index in [1.165, 1.54) is 64.2 Å². The second kappa shape index (κ2) is 37.1. The number of ether oxygens (including phenoxy) is 4. The highest BCUT2D eigenvalue weighted by Crippen LogP contribution is 2.43. The number of hydrogen-bond acceptors (Lipinski definition) is 11. The second-order valence-corrected chi connectivity index (χ2v) is 14.3. The average Bonchev–Trinajstić information content (AvgIpc) is 3.12. The number of esters is 2. The third-order valence-electron chi connectivity index (χ3n) is 8.04. The fourth-order valence-corrected chi connectivity index (χ4v) is 5.82. The van der Waals surface area contributed by atoms with Crippen LogP contribution in [0.1, 0.15) is 149 Å². The molecule has 2 N–H and O–H groups in total. The van der Waals surface area contributed by atoms with Gasteiger partial charge in [-0.1, -0.05) is 122 Å². The quantitative estimate of drug-likeness (QED) is 0.0152. The number of phosphoric ester groups is 1. The predicted molar refractivity (Wildman–Crippen MR) is 200 cm³/mol. The Hall–Kier alpha value is -2.25. The van der Waals surface area contributed by atoms with Crippen LogP contribution in [0.5, 0.6) is 0 Å². The van der Waals surface area contributed by atoms with Crippen molar-refractivity contribution >= 4 is 25.7 Å². The minimum absolute atomic E-state index is 0.0527. The van der Waals surface area contributed by atoms with Gasteiger partial charge in [-0.3, -0.25) is 23.4 Å². The molecule has 0 aliphatic heterocycles. The molecule has 52 heavy (non-hydrogen) atoms. The Morgan fingerprint density at radius 2 is 1.19 bits per heavy atom. The number of azide groups is 1. The summed E-state index contributed by atoms with van der Waals surface area (Å²) in [6, 6.07) is 0. The van der Waals surface area contributed by atoms with E-state index in [-0.39, 0.29) is 71.3 Å². The number of phosphoric acid groups is 1. The fraction of sp³-hybridized carbons (Fsp3) is 0.917. The Morgan fingerprint density at radius 3 is 1.75 bits per heavy atom. The molecule has 0 spiro atoms. The van der Waals surface area contributed by atoms with E-state index in [1.807, 2.05) is 0 Å². The summed E-state index contributed by atoms with van der Waals surface area (Å²) in [4.78, 5) is 49.7. The van der Waals surface area contributed by atoms with Crippen molar-refractivity contribution in [2.45, 2.75) is 155 Å². The normalized spacial score (nSPS) is 12.8. The van der Waals surface area contributed by atoms with Crippen LogP contribution in [-0.4, -0.2) is 88.2 Å². The summed E-state index contributed by atoms with van der Waals surface area (Å²) < 4.78 is 43.8. The molecule has 0 saturated carbocycles. The summed E-state index contributed by atoms with van der Waals surface area (Å²) in [6.07, 6.45) is 19.4. The van der Waals surface area contributed by atoms with Gasteiger partial charge in [0.15, 0.2) is 6.10 Å². The lowest BCUT2D eigenvalue weighted by Gasteiger charge is -2.20. The summed E-state index contributed by atoms with van der Waals surface area (Å²) in [5.41, 5.74) is 8.19. The Morgan fingerprint density at radius 1 is 0.673 bits per heavy atom. The number of hydrogen-bond donors (Lipinski definition) is 2. The number of unbranched alkanes of at least 4 members (excludes halogenated alkanes) is 16. The number of nitrogens with one attached hydrogen (secondary N) is 1. The third-order valence-corrected chi connectivity index (χ3v) is 9.03. The van der Waals surface area contributed by atoms with Crippen molar-refractivity contribution in [1.82, 2.24) is 5.32 Å². The molecule has 0 bridgehead atoms. The average molecular weight is 765 g/mol. The molecule has 1 amide bonds. The first kappa shape index (κ1) is 49.8. The summed E-state index contributed by atoms with van der Waals surface area (Å²) in [5, 5.41) is 5.89. The van der Waals surface area contributed by atoms with Gasteiger partial charge in [0.2, 0.25) is 5.91 Å². The molecule has 0 rings (SSSR count). The molecule has 16 heteroatoms. The van der Waals surface area contributed by atoms with Crippen LogP contribution in [0.15, 0.2) is 5.11 Å². The molecule has 1 unspecified atom stereocenters. The van der Waals surface area contributed by atoms with Gasteiger partial charge >= 0.3 is 19.8 Å². The molecule has 304 valence electrons. The zero-order valence-electron chi connectivity index (χ0n) is 32.1. The van der Waals surface area contributed by atoms with E-state index in [0.29, 0.717) is 19.4 Å². The minimum Gasteiger partial charge on any atom is -0.462 e. The molecule has 0 aromatic carbocycles. The first-order valence-electron chi connectivity index (χ1n) is 19.6. The zero-order valence-corrected chi connectivity index (χ0v) is 33.0. The van der Waals surface area contributed by atoms with E-state index in [4.69, 9.17) is 33.5 Å². The number of carbonyl (C=O) groups is 3. The van der Waals surface area contributed by atoms with Gasteiger partial charge in [-0.15, -0.1) is 0 Å². The van der Waals surface area contributed by atoms with Crippen molar-refractivity contribution in [3.8, 4) is 0 Å². The van der Waals surface area contributed by atoms with Crippen molar-refractivity contribution in [3.63, 3.8) is 0 Å². The van der Waals surface area contributed by atoms with Gasteiger partial charge in [0, 0.05) is 37.3 Å². The monoisotopic (exact) mass is 764 g/mol. The predicted octanol–water partition coefficient (Wildman–Crippen LogP) is 8.27. The van der Waals surface area contributed by atoms with Crippen molar-refractivity contribution in [3.05, 3.63) is 10.4 Å². The molecule has 0 aliphatic carbocycles. The molecule has 2 atom stereocenters. The van der Waals surface area contributed by atoms with Crippen molar-refractivity contribution in [2.24, 2.45) is 5.11 Å². The standard InChI is InChI=1S/C36H69N4O11P/c1-3-5-7-9-11-13-15-17-19-21-35(42)48-31-33(51-36(43)22-20-18-16-14-12-10-8-6-4-2)32-50-52(44,45)49-28-24-38-34(41)23-26-46-29-30-47-27-25-39-40-37/h33H,3-32H2,1-2H3,(H,38,41)(H,44,45)/t33-/m1/s1. The van der Waals surface area contributed by atoms with E-state index >= 15 is 0 Å². The Kier molecular flexibility index (Phi) is 35.5. The van der Waals surface area contributed by atoms with Gasteiger partial charge in [-0.05, 0) is 18.4 Å². The second-order valence-electron chi connectivity index (χ2n) is 12.8. The molecule has 0 heterocycles. The summed E-state index contributed by atoms with van der Waals surface area (Å²) in [6.45, 7) is 4.44. The molecule has 0 aromatic heterocycles. The van der Waals surface area contributed by atoms with Gasteiger partial charge in [0.1, 0.15) is 6.61 Å². The maximum Gasteiger partial charge on any atom is 0.472 e. The van der Waals surface area contributed by atoms with E-state index < -0.39 is 32.5 Å². The smallest absolute Gasteiger partial charge is 0.462 e. The van der Waals surface area contributed by atoms with Gasteiger partial charge in [0.05, 0.1) is 39.6 Å². The maximum absolute atomic E-state index is 12.6. The molecule has 0 aliphatic rings. The first-order chi connectivity index (χ1) is 25.2. The lowest BCUT2D eigenvalue weighted by molar-refractivity contribution is -0.161. The molecule has 0 saturated heterocycles. The highest BCUT2D eigenvalue weighted by atomic mass is 31.2. The van der Waals surface area contributed by atoms with Crippen LogP contribution >= 0.6 is 7.82 Å². The van der Waals surface area contributed by atoms with E-state index in [9.17, 15) is 23.8 Å². The van der Waals surface area contributed by atoms with Crippen LogP contribution in [0.4, 0.5) is 0 Å². The number of amides is 1. The maximum atomic E-state index is 12.6. The highest BCUT2D eigenvalue weighted by Gasteiger charge is 2.26. The van der Waals surface area contributed by atoms with Crippen molar-refractivity contribution < 1.29 is 51.8 Å². The Bertz CT molecular complexity index is 986. The number of rotatable bonds is 39. The van der Waals surface area contributed by atoms with Gasteiger partial charge in [-0.2, -0.15) is 0 Å². The van der Waals surface area contributed by atoms with Crippen LogP contribution in [0.2, 0.25) is 0 Å². The Balaban J connectivity index is 4.52. The van der Waals surface area contributed by atoms with E-state index in [2.05, 4.69) is 29.2 Å². The molecule has 0 radical (unpaired) electrons. The van der Waals surface area contributed by atoms with Gasteiger partial charge in [-0.25, -0.2) is 4.57 Å². The molecule has 15 nitrogen and oxygen atoms in total. The first-order valence-corrected chi connectivity index (χ1v) is 21.1. The summed E-state index contributed by atoms with van der Waals surface area (Å²) in [7, 11) is -4.57. The van der Waals surface area contributed by atoms with Crippen molar-refractivity contribution in [1.29, 1.82) is 0 Å². The summed E-state index contributed by atoms with van der Waals surface area (Å²) >= 11 is 0. The molecular weight excluding hydrogens is 695 g/mol. The van der Waals surface area contributed by atoms with Gasteiger partial charge in [0.25, 0.3) is 0 Å². The van der Waals surface area contributed by atoms with Gasteiger partial charge < -0.3 is 29.2 Å². The highest BCUT2D eigenvalue weighted by molar-refractivity contribution is 7.47. The molecule has 0 fully saturated rings. The largest absolute Gasteiger partial charge is 0.472 e. The van der Waals surface area contributed by atoms with E-state index in [0.717, 1.165) is 38.5 Å². The SMILES string of the molecule is CCCCCCCCCCCC(=O)OC[C@H](COP(=O)(O)OCCNC(=O)CCOCCOCCN=[N+]=[N-])OC(=O)CCCCCCCCCCC. The van der Waals surface area contributed by atoms with E-state index in [1.54, 1.807) is 0 Å². The zero-order chi connectivity index (χ0) is 38.4. The lowest BCUT2D eigenvalue weighted by atomic mass is 10.1. The van der Waals surface area contributed by atoms with Crippen LogP contribution in [0, 0.1) is 0 Å². The minimum atomic E-state index is -4.57. The Labute approximate surface area is 312 Å². The van der Waals surface area contributed by atoms with Crippen LogP contribution < -0.4 is 5.32 Å². The van der Waals surface area contributed by atoms with Crippen LogP contribution in [-0.2, 0) is 46.9 Å². The summed E-state index contributed by atoms with van der Waals surface area (Å²) in [5.74, 6) is -1.27. The van der Waals surface area contributed by atoms with Crippen molar-refractivity contribution in [2.75, 3.05) is 59.3 Å².